The number of nitrogens with zero attached hydrogens (tertiary/aromatic N) is 2. The number of carbonyl (C=O) groups is 1. The summed E-state index contributed by atoms with van der Waals surface area (Å²) in [7, 11) is 1.33. The second kappa shape index (κ2) is 6.42. The van der Waals surface area contributed by atoms with E-state index in [1.165, 1.54) is 25.2 Å². The van der Waals surface area contributed by atoms with Crippen LogP contribution in [0.4, 0.5) is 4.39 Å². The zero-order chi connectivity index (χ0) is 12.0. The topological polar surface area (TPSA) is 52.1 Å². The number of halogens is 1. The van der Waals surface area contributed by atoms with Gasteiger partial charge in [0.2, 0.25) is 0 Å². The Morgan fingerprint density at radius 2 is 2.31 bits per heavy atom. The van der Waals surface area contributed by atoms with E-state index in [0.717, 1.165) is 0 Å². The van der Waals surface area contributed by atoms with Crippen molar-refractivity contribution in [1.82, 2.24) is 9.97 Å². The SMILES string of the molecule is CCc1ncnc(SCCC(=O)OC)c1F. The van der Waals surface area contributed by atoms with Crippen molar-refractivity contribution in [2.75, 3.05) is 12.9 Å². The molecule has 0 N–H and O–H groups in total. The summed E-state index contributed by atoms with van der Waals surface area (Å²) >= 11 is 1.19. The number of hydrogen-bond acceptors (Lipinski definition) is 5. The summed E-state index contributed by atoms with van der Waals surface area (Å²) in [5, 5.41) is 0.288. The molecule has 0 bridgehead atoms. The Bertz CT molecular complexity index is 374. The second-order valence-electron chi connectivity index (χ2n) is 2.97. The average Bonchev–Trinajstić information content (AvgIpc) is 2.31. The lowest BCUT2D eigenvalue weighted by Crippen LogP contribution is -2.02. The van der Waals surface area contributed by atoms with Crippen LogP contribution >= 0.6 is 11.8 Å². The van der Waals surface area contributed by atoms with Crippen LogP contribution in [-0.4, -0.2) is 28.8 Å². The van der Waals surface area contributed by atoms with Crippen molar-refractivity contribution < 1.29 is 13.9 Å². The summed E-state index contributed by atoms with van der Waals surface area (Å²) in [6, 6.07) is 0. The number of rotatable bonds is 5. The minimum absolute atomic E-state index is 0.242. The van der Waals surface area contributed by atoms with E-state index in [4.69, 9.17) is 0 Å². The summed E-state index contributed by atoms with van der Waals surface area (Å²) in [5.41, 5.74) is 0.399. The molecule has 0 aromatic carbocycles. The van der Waals surface area contributed by atoms with Gasteiger partial charge in [0.05, 0.1) is 19.2 Å². The molecule has 0 spiro atoms. The third-order valence-electron chi connectivity index (χ3n) is 1.94. The van der Waals surface area contributed by atoms with E-state index in [9.17, 15) is 9.18 Å². The minimum atomic E-state index is -0.389. The van der Waals surface area contributed by atoms with Crippen molar-refractivity contribution in [3.8, 4) is 0 Å². The zero-order valence-electron chi connectivity index (χ0n) is 9.20. The lowest BCUT2D eigenvalue weighted by atomic mass is 10.3. The maximum absolute atomic E-state index is 13.6. The molecule has 16 heavy (non-hydrogen) atoms. The summed E-state index contributed by atoms with van der Waals surface area (Å²) in [4.78, 5) is 18.5. The molecule has 0 aliphatic carbocycles. The van der Waals surface area contributed by atoms with Gasteiger partial charge in [0.15, 0.2) is 5.82 Å². The normalized spacial score (nSPS) is 10.2. The van der Waals surface area contributed by atoms with Crippen LogP contribution in [0.1, 0.15) is 19.0 Å². The summed E-state index contributed by atoms with van der Waals surface area (Å²) in [6.07, 6.45) is 2.10. The third kappa shape index (κ3) is 3.44. The van der Waals surface area contributed by atoms with Crippen molar-refractivity contribution in [2.24, 2.45) is 0 Å². The molecule has 0 unspecified atom stereocenters. The molecule has 0 fully saturated rings. The molecule has 1 aromatic rings. The van der Waals surface area contributed by atoms with Crippen LogP contribution in [0.5, 0.6) is 0 Å². The van der Waals surface area contributed by atoms with Gasteiger partial charge < -0.3 is 4.74 Å². The zero-order valence-corrected chi connectivity index (χ0v) is 10.0. The van der Waals surface area contributed by atoms with Gasteiger partial charge in [0, 0.05) is 5.75 Å². The van der Waals surface area contributed by atoms with Crippen molar-refractivity contribution in [3.63, 3.8) is 0 Å². The van der Waals surface area contributed by atoms with Crippen molar-refractivity contribution >= 4 is 17.7 Å². The van der Waals surface area contributed by atoms with Crippen LogP contribution in [0, 0.1) is 5.82 Å². The number of carbonyl (C=O) groups excluding carboxylic acids is 1. The first kappa shape index (κ1) is 12.9. The Morgan fingerprint density at radius 1 is 1.56 bits per heavy atom. The molecule has 4 nitrogen and oxygen atoms in total. The van der Waals surface area contributed by atoms with E-state index >= 15 is 0 Å². The number of hydrogen-bond donors (Lipinski definition) is 0. The van der Waals surface area contributed by atoms with Crippen LogP contribution in [-0.2, 0) is 16.0 Å². The maximum atomic E-state index is 13.6. The predicted molar refractivity (Wildman–Crippen MR) is 58.7 cm³/mol. The Labute approximate surface area is 97.6 Å². The lowest BCUT2D eigenvalue weighted by Gasteiger charge is -2.04. The van der Waals surface area contributed by atoms with E-state index < -0.39 is 0 Å². The van der Waals surface area contributed by atoms with Gasteiger partial charge in [0.25, 0.3) is 0 Å². The maximum Gasteiger partial charge on any atom is 0.306 e. The van der Waals surface area contributed by atoms with Gasteiger partial charge in [-0.05, 0) is 6.42 Å². The molecule has 6 heteroatoms. The number of aryl methyl sites for hydroxylation is 1. The Balaban J connectivity index is 2.57. The van der Waals surface area contributed by atoms with Gasteiger partial charge in [-0.3, -0.25) is 4.79 Å². The van der Waals surface area contributed by atoms with Gasteiger partial charge in [-0.2, -0.15) is 0 Å². The molecule has 1 heterocycles. The highest BCUT2D eigenvalue weighted by atomic mass is 32.2. The highest BCUT2D eigenvalue weighted by Crippen LogP contribution is 2.21. The quantitative estimate of drug-likeness (QED) is 0.449. The summed E-state index contributed by atoms with van der Waals surface area (Å²) in [6.45, 7) is 1.83. The van der Waals surface area contributed by atoms with Crippen molar-refractivity contribution in [2.45, 2.75) is 24.8 Å². The molecular formula is C10H13FN2O2S. The predicted octanol–water partition coefficient (Wildman–Crippen LogP) is 1.83. The monoisotopic (exact) mass is 244 g/mol. The van der Waals surface area contributed by atoms with Crippen LogP contribution < -0.4 is 0 Å². The molecule has 0 aliphatic rings. The largest absolute Gasteiger partial charge is 0.469 e. The molecule has 1 rings (SSSR count). The number of methoxy groups -OCH3 is 1. The minimum Gasteiger partial charge on any atom is -0.469 e. The fourth-order valence-electron chi connectivity index (χ4n) is 1.07. The summed E-state index contributed by atoms with van der Waals surface area (Å²) < 4.78 is 18.1. The van der Waals surface area contributed by atoms with E-state index in [-0.39, 0.29) is 23.2 Å². The molecular weight excluding hydrogens is 231 g/mol. The van der Waals surface area contributed by atoms with Crippen molar-refractivity contribution in [3.05, 3.63) is 17.8 Å². The fourth-order valence-corrected chi connectivity index (χ4v) is 1.90. The van der Waals surface area contributed by atoms with E-state index in [2.05, 4.69) is 14.7 Å². The first-order valence-electron chi connectivity index (χ1n) is 4.88. The average molecular weight is 244 g/mol. The van der Waals surface area contributed by atoms with Gasteiger partial charge in [-0.25, -0.2) is 14.4 Å². The van der Waals surface area contributed by atoms with Gasteiger partial charge >= 0.3 is 5.97 Å². The van der Waals surface area contributed by atoms with E-state index in [0.29, 0.717) is 17.9 Å². The molecule has 0 atom stereocenters. The molecule has 0 amide bonds. The number of ether oxygens (including phenoxy) is 1. The lowest BCUT2D eigenvalue weighted by molar-refractivity contribution is -0.140. The van der Waals surface area contributed by atoms with Crippen LogP contribution in [0.2, 0.25) is 0 Å². The first-order chi connectivity index (χ1) is 7.69. The highest BCUT2D eigenvalue weighted by Gasteiger charge is 2.10. The Hall–Kier alpha value is -1.17. The Kier molecular flexibility index (Phi) is 5.18. The third-order valence-corrected chi connectivity index (χ3v) is 2.90. The molecule has 1 aromatic heterocycles. The number of thioether (sulfide) groups is 1. The second-order valence-corrected chi connectivity index (χ2v) is 4.05. The van der Waals surface area contributed by atoms with Gasteiger partial charge in [-0.15, -0.1) is 11.8 Å². The van der Waals surface area contributed by atoms with Gasteiger partial charge in [0.1, 0.15) is 11.4 Å². The molecule has 88 valence electrons. The fraction of sp³-hybridized carbons (Fsp3) is 0.500. The van der Waals surface area contributed by atoms with Crippen LogP contribution in [0.15, 0.2) is 11.4 Å². The number of esters is 1. The first-order valence-corrected chi connectivity index (χ1v) is 5.86. The molecule has 0 saturated heterocycles. The highest BCUT2D eigenvalue weighted by molar-refractivity contribution is 7.99. The smallest absolute Gasteiger partial charge is 0.306 e. The van der Waals surface area contributed by atoms with Crippen molar-refractivity contribution in [1.29, 1.82) is 0 Å². The molecule has 0 aliphatic heterocycles. The number of aromatic nitrogens is 2. The van der Waals surface area contributed by atoms with Crippen LogP contribution in [0.25, 0.3) is 0 Å². The van der Waals surface area contributed by atoms with E-state index in [1.54, 1.807) is 0 Å². The van der Waals surface area contributed by atoms with Gasteiger partial charge in [-0.1, -0.05) is 6.92 Å². The molecule has 0 saturated carbocycles. The summed E-state index contributed by atoms with van der Waals surface area (Å²) in [5.74, 6) is -0.249. The molecule has 0 radical (unpaired) electrons. The van der Waals surface area contributed by atoms with Crippen LogP contribution in [0.3, 0.4) is 0 Å². The Morgan fingerprint density at radius 3 is 2.94 bits per heavy atom. The van der Waals surface area contributed by atoms with E-state index in [1.807, 2.05) is 6.92 Å². The standard InChI is InChI=1S/C10H13FN2O2S/c1-3-7-9(11)10(13-6-12-7)16-5-4-8(14)15-2/h6H,3-5H2,1-2H3.